The van der Waals surface area contributed by atoms with Crippen molar-refractivity contribution in [2.75, 3.05) is 13.7 Å². The molecular formula is C22H24BrClN4O5. The summed E-state index contributed by atoms with van der Waals surface area (Å²) < 4.78 is 11.1. The largest absolute Gasteiger partial charge is 0.493 e. The molecule has 0 aliphatic heterocycles. The summed E-state index contributed by atoms with van der Waals surface area (Å²) in [6.45, 7) is 3.31. The number of nitrogens with zero attached hydrogens (tertiary/aromatic N) is 1. The summed E-state index contributed by atoms with van der Waals surface area (Å²) >= 11 is 9.19. The van der Waals surface area contributed by atoms with E-state index >= 15 is 0 Å². The molecule has 0 spiro atoms. The molecule has 1 unspecified atom stereocenters. The molecule has 0 radical (unpaired) electrons. The smallest absolute Gasteiger partial charge is 0.262 e. The molecule has 0 bridgehead atoms. The average Bonchev–Trinajstić information content (AvgIpc) is 2.76. The van der Waals surface area contributed by atoms with E-state index in [0.29, 0.717) is 32.1 Å². The highest BCUT2D eigenvalue weighted by Gasteiger charge is 2.24. The summed E-state index contributed by atoms with van der Waals surface area (Å²) in [5.41, 5.74) is 8.51. The third-order valence-electron chi connectivity index (χ3n) is 4.34. The van der Waals surface area contributed by atoms with Gasteiger partial charge in [-0.25, -0.2) is 5.43 Å². The molecular weight excluding hydrogens is 516 g/mol. The molecule has 0 aromatic heterocycles. The summed E-state index contributed by atoms with van der Waals surface area (Å²) in [4.78, 5) is 36.1. The van der Waals surface area contributed by atoms with Crippen molar-refractivity contribution in [3.05, 3.63) is 57.0 Å². The van der Waals surface area contributed by atoms with Crippen molar-refractivity contribution in [3.8, 4) is 11.5 Å². The number of rotatable bonds is 10. The van der Waals surface area contributed by atoms with Crippen LogP contribution in [0.2, 0.25) is 5.02 Å². The zero-order valence-corrected chi connectivity index (χ0v) is 20.6. The summed E-state index contributed by atoms with van der Waals surface area (Å²) in [6, 6.07) is 8.82. The van der Waals surface area contributed by atoms with Gasteiger partial charge in [-0.2, -0.15) is 5.10 Å². The Kier molecular flexibility index (Phi) is 9.68. The molecule has 0 fully saturated rings. The zero-order valence-electron chi connectivity index (χ0n) is 18.2. The Balaban J connectivity index is 2.08. The van der Waals surface area contributed by atoms with Gasteiger partial charge < -0.3 is 20.5 Å². The van der Waals surface area contributed by atoms with Crippen LogP contribution < -0.4 is 25.9 Å². The van der Waals surface area contributed by atoms with Crippen LogP contribution in [-0.4, -0.2) is 43.7 Å². The number of methoxy groups -OCH3 is 1. The van der Waals surface area contributed by atoms with Crippen LogP contribution in [0.15, 0.2) is 46.0 Å². The van der Waals surface area contributed by atoms with Crippen molar-refractivity contribution >= 4 is 51.5 Å². The molecule has 2 rings (SSSR count). The van der Waals surface area contributed by atoms with Gasteiger partial charge in [-0.15, -0.1) is 0 Å². The Hall–Kier alpha value is -3.11. The predicted molar refractivity (Wildman–Crippen MR) is 129 cm³/mol. The Labute approximate surface area is 204 Å². The van der Waals surface area contributed by atoms with Crippen LogP contribution in [0, 0.1) is 5.92 Å². The SMILES string of the molecule is COc1cc(/C=N/NC(=O)C(NC(=O)c2ccc(Cl)cc2)C(C)C)cc(Br)c1OCC(N)=O. The molecule has 0 aliphatic rings. The summed E-state index contributed by atoms with van der Waals surface area (Å²) in [5.74, 6) is -1.04. The number of amides is 3. The van der Waals surface area contributed by atoms with Gasteiger partial charge in [-0.3, -0.25) is 14.4 Å². The van der Waals surface area contributed by atoms with E-state index in [0.717, 1.165) is 0 Å². The molecule has 0 heterocycles. The molecule has 11 heteroatoms. The number of hydrogen-bond donors (Lipinski definition) is 3. The van der Waals surface area contributed by atoms with E-state index < -0.39 is 23.8 Å². The second kappa shape index (κ2) is 12.2. The van der Waals surface area contributed by atoms with Gasteiger partial charge in [0.05, 0.1) is 17.8 Å². The second-order valence-electron chi connectivity index (χ2n) is 7.23. The van der Waals surface area contributed by atoms with Crippen LogP contribution in [0.5, 0.6) is 11.5 Å². The van der Waals surface area contributed by atoms with Gasteiger partial charge in [-0.05, 0) is 63.8 Å². The van der Waals surface area contributed by atoms with Crippen molar-refractivity contribution in [2.24, 2.45) is 16.8 Å². The number of benzene rings is 2. The number of carbonyl (C=O) groups excluding carboxylic acids is 3. The highest BCUT2D eigenvalue weighted by Crippen LogP contribution is 2.36. The number of ether oxygens (including phenoxy) is 2. The molecule has 176 valence electrons. The Morgan fingerprint density at radius 3 is 2.45 bits per heavy atom. The van der Waals surface area contributed by atoms with Crippen LogP contribution in [-0.2, 0) is 9.59 Å². The third-order valence-corrected chi connectivity index (χ3v) is 5.18. The first kappa shape index (κ1) is 26.1. The first-order chi connectivity index (χ1) is 15.6. The van der Waals surface area contributed by atoms with Crippen LogP contribution in [0.1, 0.15) is 29.8 Å². The minimum Gasteiger partial charge on any atom is -0.493 e. The van der Waals surface area contributed by atoms with Gasteiger partial charge in [0.1, 0.15) is 6.04 Å². The number of nitrogens with two attached hydrogens (primary N) is 1. The van der Waals surface area contributed by atoms with Crippen LogP contribution in [0.3, 0.4) is 0 Å². The second-order valence-corrected chi connectivity index (χ2v) is 8.52. The van der Waals surface area contributed by atoms with E-state index in [-0.39, 0.29) is 12.5 Å². The van der Waals surface area contributed by atoms with Gasteiger partial charge in [0.2, 0.25) is 0 Å². The van der Waals surface area contributed by atoms with Crippen molar-refractivity contribution < 1.29 is 23.9 Å². The van der Waals surface area contributed by atoms with Gasteiger partial charge >= 0.3 is 0 Å². The van der Waals surface area contributed by atoms with E-state index in [1.165, 1.54) is 13.3 Å². The fraction of sp³-hybridized carbons (Fsp3) is 0.273. The zero-order chi connectivity index (χ0) is 24.5. The lowest BCUT2D eigenvalue weighted by Gasteiger charge is -2.20. The number of halogens is 2. The number of primary amides is 1. The first-order valence-corrected chi connectivity index (χ1v) is 11.0. The minimum absolute atomic E-state index is 0.188. The molecule has 2 aromatic rings. The van der Waals surface area contributed by atoms with E-state index in [2.05, 4.69) is 31.8 Å². The van der Waals surface area contributed by atoms with E-state index in [1.807, 2.05) is 13.8 Å². The Bertz CT molecular complexity index is 1040. The maximum atomic E-state index is 12.6. The summed E-state index contributed by atoms with van der Waals surface area (Å²) in [5, 5.41) is 7.19. The summed E-state index contributed by atoms with van der Waals surface area (Å²) in [6.07, 6.45) is 1.40. The molecule has 9 nitrogen and oxygen atoms in total. The maximum absolute atomic E-state index is 12.6. The molecule has 3 amide bonds. The topological polar surface area (TPSA) is 132 Å². The van der Waals surface area contributed by atoms with Crippen molar-refractivity contribution in [1.29, 1.82) is 0 Å². The van der Waals surface area contributed by atoms with Crippen molar-refractivity contribution in [1.82, 2.24) is 10.7 Å². The minimum atomic E-state index is -0.809. The highest BCUT2D eigenvalue weighted by molar-refractivity contribution is 9.10. The highest BCUT2D eigenvalue weighted by atomic mass is 79.9. The van der Waals surface area contributed by atoms with Gasteiger partial charge in [0.25, 0.3) is 17.7 Å². The van der Waals surface area contributed by atoms with E-state index in [9.17, 15) is 14.4 Å². The van der Waals surface area contributed by atoms with Crippen molar-refractivity contribution in [3.63, 3.8) is 0 Å². The van der Waals surface area contributed by atoms with E-state index in [1.54, 1.807) is 36.4 Å². The van der Waals surface area contributed by atoms with Crippen LogP contribution in [0.4, 0.5) is 0 Å². The number of hydrazone groups is 1. The standard InChI is InChI=1S/C22H24BrClN4O5/c1-12(2)19(27-21(30)14-4-6-15(24)7-5-14)22(31)28-26-10-13-8-16(23)20(17(9-13)32-3)33-11-18(25)29/h4-10,12,19H,11H2,1-3H3,(H2,25,29)(H,27,30)(H,28,31)/b26-10+. The molecule has 1 atom stereocenters. The quantitative estimate of drug-likeness (QED) is 0.315. The number of nitrogens with one attached hydrogen (secondary N) is 2. The lowest BCUT2D eigenvalue weighted by molar-refractivity contribution is -0.124. The summed E-state index contributed by atoms with van der Waals surface area (Å²) in [7, 11) is 1.44. The molecule has 0 aliphatic carbocycles. The van der Waals surface area contributed by atoms with Crippen molar-refractivity contribution in [2.45, 2.75) is 19.9 Å². The van der Waals surface area contributed by atoms with Gasteiger partial charge in [0.15, 0.2) is 18.1 Å². The Morgan fingerprint density at radius 2 is 1.88 bits per heavy atom. The lowest BCUT2D eigenvalue weighted by atomic mass is 10.0. The molecule has 0 saturated carbocycles. The average molecular weight is 540 g/mol. The number of carbonyl (C=O) groups is 3. The monoisotopic (exact) mass is 538 g/mol. The lowest BCUT2D eigenvalue weighted by Crippen LogP contribution is -2.48. The Morgan fingerprint density at radius 1 is 1.21 bits per heavy atom. The number of hydrogen-bond acceptors (Lipinski definition) is 6. The van der Waals surface area contributed by atoms with Gasteiger partial charge in [0, 0.05) is 10.6 Å². The van der Waals surface area contributed by atoms with Gasteiger partial charge in [-0.1, -0.05) is 25.4 Å². The predicted octanol–water partition coefficient (Wildman–Crippen LogP) is 2.88. The fourth-order valence-corrected chi connectivity index (χ4v) is 3.40. The third kappa shape index (κ3) is 7.76. The molecule has 0 saturated heterocycles. The maximum Gasteiger partial charge on any atom is 0.262 e. The normalized spacial score (nSPS) is 11.8. The fourth-order valence-electron chi connectivity index (χ4n) is 2.70. The van der Waals surface area contributed by atoms with Crippen LogP contribution in [0.25, 0.3) is 0 Å². The van der Waals surface area contributed by atoms with Crippen LogP contribution >= 0.6 is 27.5 Å². The molecule has 33 heavy (non-hydrogen) atoms. The molecule has 2 aromatic carbocycles. The van der Waals surface area contributed by atoms with E-state index in [4.69, 9.17) is 26.8 Å². The first-order valence-electron chi connectivity index (χ1n) is 9.80. The molecule has 4 N–H and O–H groups in total.